The highest BCUT2D eigenvalue weighted by molar-refractivity contribution is 9.10. The molecule has 2 N–H and O–H groups in total. The first-order valence-corrected chi connectivity index (χ1v) is 5.61. The third kappa shape index (κ3) is 2.69. The maximum atomic E-state index is 5.56. The zero-order valence-electron chi connectivity index (χ0n) is 8.63. The van der Waals surface area contributed by atoms with Crippen molar-refractivity contribution >= 4 is 21.5 Å². The zero-order valence-corrected chi connectivity index (χ0v) is 10.2. The molecule has 0 fully saturated rings. The molecule has 0 saturated heterocycles. The summed E-state index contributed by atoms with van der Waals surface area (Å²) in [5, 5.41) is 0. The summed E-state index contributed by atoms with van der Waals surface area (Å²) in [6.07, 6.45) is 2.09. The van der Waals surface area contributed by atoms with Gasteiger partial charge in [-0.15, -0.1) is 0 Å². The minimum atomic E-state index is 0.497. The van der Waals surface area contributed by atoms with Gasteiger partial charge in [0.25, 0.3) is 0 Å². The lowest BCUT2D eigenvalue weighted by Crippen LogP contribution is -2.00. The van der Waals surface area contributed by atoms with Crippen LogP contribution in [0.15, 0.2) is 34.8 Å². The van der Waals surface area contributed by atoms with E-state index in [2.05, 4.69) is 48.0 Å². The van der Waals surface area contributed by atoms with E-state index in [1.807, 2.05) is 12.1 Å². The molecule has 1 rings (SSSR count). The average molecular weight is 254 g/mol. The fourth-order valence-electron chi connectivity index (χ4n) is 1.48. The molecule has 0 saturated carbocycles. The van der Waals surface area contributed by atoms with E-state index >= 15 is 0 Å². The summed E-state index contributed by atoms with van der Waals surface area (Å²) in [6.45, 7) is 4.96. The van der Waals surface area contributed by atoms with E-state index in [1.165, 1.54) is 11.1 Å². The lowest BCUT2D eigenvalue weighted by atomic mass is 9.95. The van der Waals surface area contributed by atoms with Crippen LogP contribution in [0.5, 0.6) is 0 Å². The fraction of sp³-hybridized carbons (Fsp3) is 0.333. The number of benzene rings is 1. The molecule has 0 aliphatic carbocycles. The van der Waals surface area contributed by atoms with Crippen LogP contribution in [0.25, 0.3) is 5.57 Å². The topological polar surface area (TPSA) is 26.0 Å². The Morgan fingerprint density at radius 1 is 1.43 bits per heavy atom. The van der Waals surface area contributed by atoms with Crippen molar-refractivity contribution in [3.05, 3.63) is 40.4 Å². The number of nitrogens with two attached hydrogens (primary N) is 1. The summed E-state index contributed by atoms with van der Waals surface area (Å²) in [5.41, 5.74) is 8.11. The standard InChI is InChI=1S/C12H16BrN/c1-9(2)10(7-8-14)11-5-3-4-6-12(11)13/h3-7,9H,8,14H2,1-2H3/b10-7-. The minimum Gasteiger partial charge on any atom is -0.327 e. The second-order valence-corrected chi connectivity index (χ2v) is 4.38. The highest BCUT2D eigenvalue weighted by atomic mass is 79.9. The fourth-order valence-corrected chi connectivity index (χ4v) is 1.99. The lowest BCUT2D eigenvalue weighted by molar-refractivity contribution is 0.851. The van der Waals surface area contributed by atoms with Gasteiger partial charge in [-0.3, -0.25) is 0 Å². The van der Waals surface area contributed by atoms with Gasteiger partial charge in [-0.25, -0.2) is 0 Å². The molecule has 0 heterocycles. The third-order valence-electron chi connectivity index (χ3n) is 2.14. The predicted molar refractivity (Wildman–Crippen MR) is 66.0 cm³/mol. The summed E-state index contributed by atoms with van der Waals surface area (Å²) >= 11 is 3.55. The van der Waals surface area contributed by atoms with Crippen molar-refractivity contribution in [3.63, 3.8) is 0 Å². The van der Waals surface area contributed by atoms with Gasteiger partial charge < -0.3 is 5.73 Å². The first kappa shape index (κ1) is 11.5. The number of rotatable bonds is 3. The largest absolute Gasteiger partial charge is 0.327 e. The molecule has 0 aliphatic heterocycles. The van der Waals surface area contributed by atoms with Gasteiger partial charge >= 0.3 is 0 Å². The van der Waals surface area contributed by atoms with E-state index in [1.54, 1.807) is 0 Å². The Morgan fingerprint density at radius 3 is 2.57 bits per heavy atom. The molecule has 0 bridgehead atoms. The van der Waals surface area contributed by atoms with Crippen molar-refractivity contribution in [3.8, 4) is 0 Å². The Bertz CT molecular complexity index is 329. The van der Waals surface area contributed by atoms with Crippen LogP contribution in [0.3, 0.4) is 0 Å². The first-order valence-electron chi connectivity index (χ1n) is 4.81. The van der Waals surface area contributed by atoms with E-state index in [4.69, 9.17) is 5.73 Å². The molecule has 1 aromatic rings. The van der Waals surface area contributed by atoms with E-state index in [-0.39, 0.29) is 0 Å². The summed E-state index contributed by atoms with van der Waals surface area (Å²) in [6, 6.07) is 8.24. The van der Waals surface area contributed by atoms with Crippen LogP contribution in [0, 0.1) is 5.92 Å². The van der Waals surface area contributed by atoms with E-state index in [0.717, 1.165) is 4.47 Å². The summed E-state index contributed by atoms with van der Waals surface area (Å²) < 4.78 is 1.13. The molecule has 0 amide bonds. The van der Waals surface area contributed by atoms with Gasteiger partial charge in [0.15, 0.2) is 0 Å². The van der Waals surface area contributed by atoms with Gasteiger partial charge in [-0.1, -0.05) is 54.1 Å². The quantitative estimate of drug-likeness (QED) is 0.878. The van der Waals surface area contributed by atoms with Crippen LogP contribution >= 0.6 is 15.9 Å². The second-order valence-electron chi connectivity index (χ2n) is 3.53. The van der Waals surface area contributed by atoms with E-state index in [9.17, 15) is 0 Å². The normalized spacial score (nSPS) is 12.2. The van der Waals surface area contributed by atoms with Gasteiger partial charge in [-0.05, 0) is 23.1 Å². The van der Waals surface area contributed by atoms with Gasteiger partial charge in [0.1, 0.15) is 0 Å². The summed E-state index contributed by atoms with van der Waals surface area (Å²) in [7, 11) is 0. The molecule has 14 heavy (non-hydrogen) atoms. The van der Waals surface area contributed by atoms with Crippen molar-refractivity contribution < 1.29 is 0 Å². The van der Waals surface area contributed by atoms with Gasteiger partial charge in [0.05, 0.1) is 0 Å². The third-order valence-corrected chi connectivity index (χ3v) is 2.84. The average Bonchev–Trinajstić information content (AvgIpc) is 2.15. The number of allylic oxidation sites excluding steroid dienone is 1. The SMILES string of the molecule is CC(C)/C(=C/CN)c1ccccc1Br. The Kier molecular flexibility index (Phi) is 4.36. The number of hydrogen-bond donors (Lipinski definition) is 1. The van der Waals surface area contributed by atoms with Gasteiger partial charge in [0, 0.05) is 11.0 Å². The predicted octanol–water partition coefficient (Wildman–Crippen LogP) is 3.45. The first-order chi connectivity index (χ1) is 6.66. The summed E-state index contributed by atoms with van der Waals surface area (Å²) in [5.74, 6) is 0.497. The highest BCUT2D eigenvalue weighted by Crippen LogP contribution is 2.28. The molecule has 1 nitrogen and oxygen atoms in total. The molecule has 76 valence electrons. The van der Waals surface area contributed by atoms with Gasteiger partial charge in [-0.2, -0.15) is 0 Å². The van der Waals surface area contributed by atoms with Crippen molar-refractivity contribution in [1.29, 1.82) is 0 Å². The number of hydrogen-bond acceptors (Lipinski definition) is 1. The molecule has 2 heteroatoms. The minimum absolute atomic E-state index is 0.497. The molecular formula is C12H16BrN. The molecule has 0 aliphatic rings. The molecule has 0 aromatic heterocycles. The molecule has 1 aromatic carbocycles. The van der Waals surface area contributed by atoms with E-state index in [0.29, 0.717) is 12.5 Å². The zero-order chi connectivity index (χ0) is 10.6. The van der Waals surface area contributed by atoms with Crippen molar-refractivity contribution in [2.45, 2.75) is 13.8 Å². The van der Waals surface area contributed by atoms with Crippen LogP contribution < -0.4 is 5.73 Å². The van der Waals surface area contributed by atoms with Crippen LogP contribution in [-0.2, 0) is 0 Å². The van der Waals surface area contributed by atoms with Crippen LogP contribution in [0.2, 0.25) is 0 Å². The smallest absolute Gasteiger partial charge is 0.0250 e. The maximum Gasteiger partial charge on any atom is 0.0250 e. The molecule has 0 spiro atoms. The molecular weight excluding hydrogens is 238 g/mol. The molecule has 0 unspecified atom stereocenters. The highest BCUT2D eigenvalue weighted by Gasteiger charge is 2.08. The molecule has 0 atom stereocenters. The van der Waals surface area contributed by atoms with Gasteiger partial charge in [0.2, 0.25) is 0 Å². The van der Waals surface area contributed by atoms with Crippen molar-refractivity contribution in [2.75, 3.05) is 6.54 Å². The molecule has 0 radical (unpaired) electrons. The van der Waals surface area contributed by atoms with Crippen LogP contribution in [0.4, 0.5) is 0 Å². The van der Waals surface area contributed by atoms with Crippen LogP contribution in [0.1, 0.15) is 19.4 Å². The number of halogens is 1. The van der Waals surface area contributed by atoms with E-state index < -0.39 is 0 Å². The van der Waals surface area contributed by atoms with Crippen LogP contribution in [-0.4, -0.2) is 6.54 Å². The Morgan fingerprint density at radius 2 is 2.07 bits per heavy atom. The second kappa shape index (κ2) is 5.32. The van der Waals surface area contributed by atoms with Crippen molar-refractivity contribution in [1.82, 2.24) is 0 Å². The Hall–Kier alpha value is -0.600. The monoisotopic (exact) mass is 253 g/mol. The Labute approximate surface area is 94.1 Å². The maximum absolute atomic E-state index is 5.56. The summed E-state index contributed by atoms with van der Waals surface area (Å²) in [4.78, 5) is 0. The lowest BCUT2D eigenvalue weighted by Gasteiger charge is -2.13. The Balaban J connectivity index is 3.12. The van der Waals surface area contributed by atoms with Crippen molar-refractivity contribution in [2.24, 2.45) is 11.7 Å².